The zero-order chi connectivity index (χ0) is 11.2. The molecule has 2 aliphatic rings. The molecular weight excluding hydrogens is 226 g/mol. The highest BCUT2D eigenvalue weighted by Crippen LogP contribution is 2.38. The van der Waals surface area contributed by atoms with Crippen molar-refractivity contribution in [1.82, 2.24) is 0 Å². The Bertz CT molecular complexity index is 454. The van der Waals surface area contributed by atoms with Crippen LogP contribution in [0.25, 0.3) is 0 Å². The van der Waals surface area contributed by atoms with E-state index >= 15 is 0 Å². The van der Waals surface area contributed by atoms with Crippen LogP contribution >= 0.6 is 11.6 Å². The van der Waals surface area contributed by atoms with E-state index in [1.165, 1.54) is 5.56 Å². The Balaban J connectivity index is 1.96. The van der Waals surface area contributed by atoms with Crippen LogP contribution in [0.5, 0.6) is 0 Å². The van der Waals surface area contributed by atoms with E-state index in [2.05, 4.69) is 11.4 Å². The Labute approximate surface area is 98.7 Å². The number of aryl methyl sites for hydroxylation is 1. The smallest absolute Gasteiger partial charge is 0.224 e. The number of benzene rings is 1. The fourth-order valence-corrected chi connectivity index (χ4v) is 2.38. The number of halogens is 1. The van der Waals surface area contributed by atoms with Gasteiger partial charge in [0.1, 0.15) is 4.87 Å². The number of hydrogen-bond donors (Lipinski definition) is 1. The van der Waals surface area contributed by atoms with Gasteiger partial charge in [0, 0.05) is 12.1 Å². The summed E-state index contributed by atoms with van der Waals surface area (Å²) in [6.07, 6.45) is 1.35. The Morgan fingerprint density at radius 1 is 1.31 bits per heavy atom. The molecule has 1 saturated heterocycles. The minimum absolute atomic E-state index is 0.0906. The van der Waals surface area contributed by atoms with E-state index in [-0.39, 0.29) is 10.8 Å². The second-order valence-corrected chi connectivity index (χ2v) is 5.10. The van der Waals surface area contributed by atoms with E-state index in [0.717, 1.165) is 17.7 Å². The van der Waals surface area contributed by atoms with Gasteiger partial charge in [-0.2, -0.15) is 0 Å². The molecule has 0 aliphatic carbocycles. The number of carbonyl (C=O) groups is 1. The Morgan fingerprint density at radius 2 is 2.12 bits per heavy atom. The molecule has 3 rings (SSSR count). The Kier molecular flexibility index (Phi) is 2.19. The summed E-state index contributed by atoms with van der Waals surface area (Å²) in [6, 6.07) is 5.99. The topological polar surface area (TPSA) is 38.3 Å². The van der Waals surface area contributed by atoms with Gasteiger partial charge in [0.25, 0.3) is 0 Å². The highest BCUT2D eigenvalue weighted by molar-refractivity contribution is 6.24. The first-order valence-corrected chi connectivity index (χ1v) is 5.75. The number of hydrogen-bond acceptors (Lipinski definition) is 2. The van der Waals surface area contributed by atoms with Crippen molar-refractivity contribution in [2.24, 2.45) is 0 Å². The quantitative estimate of drug-likeness (QED) is 0.759. The summed E-state index contributed by atoms with van der Waals surface area (Å²) in [5.41, 5.74) is 3.18. The standard InChI is InChI=1S/C12H12ClNO2/c13-12(6-16-7-12)9-2-3-10-8(5-9)1-4-11(15)14-10/h2-3,5H,1,4,6-7H2,(H,14,15). The van der Waals surface area contributed by atoms with Crippen LogP contribution in [0.15, 0.2) is 18.2 Å². The summed E-state index contributed by atoms with van der Waals surface area (Å²) in [7, 11) is 0. The molecule has 4 heteroatoms. The lowest BCUT2D eigenvalue weighted by molar-refractivity contribution is -0.116. The first kappa shape index (κ1) is 10.1. The Morgan fingerprint density at radius 3 is 2.81 bits per heavy atom. The number of anilines is 1. The lowest BCUT2D eigenvalue weighted by Crippen LogP contribution is -2.41. The van der Waals surface area contributed by atoms with Gasteiger partial charge in [-0.3, -0.25) is 4.79 Å². The van der Waals surface area contributed by atoms with Gasteiger partial charge >= 0.3 is 0 Å². The maximum absolute atomic E-state index is 11.2. The molecule has 2 aliphatic heterocycles. The number of nitrogens with one attached hydrogen (secondary N) is 1. The lowest BCUT2D eigenvalue weighted by Gasteiger charge is -2.36. The summed E-state index contributed by atoms with van der Waals surface area (Å²) in [4.78, 5) is 10.9. The molecule has 0 aromatic heterocycles. The zero-order valence-electron chi connectivity index (χ0n) is 8.75. The van der Waals surface area contributed by atoms with Crippen molar-refractivity contribution in [2.45, 2.75) is 17.7 Å². The van der Waals surface area contributed by atoms with Crippen molar-refractivity contribution in [2.75, 3.05) is 18.5 Å². The predicted molar refractivity (Wildman–Crippen MR) is 61.7 cm³/mol. The fourth-order valence-electron chi connectivity index (χ4n) is 2.11. The number of alkyl halides is 1. The highest BCUT2D eigenvalue weighted by atomic mass is 35.5. The summed E-state index contributed by atoms with van der Waals surface area (Å²) in [5.74, 6) is 0.0906. The first-order chi connectivity index (χ1) is 7.67. The maximum Gasteiger partial charge on any atom is 0.224 e. The highest BCUT2D eigenvalue weighted by Gasteiger charge is 2.38. The van der Waals surface area contributed by atoms with Crippen molar-refractivity contribution in [3.8, 4) is 0 Å². The number of ether oxygens (including phenoxy) is 1. The number of rotatable bonds is 1. The molecule has 1 aromatic rings. The molecule has 0 bridgehead atoms. The van der Waals surface area contributed by atoms with Crippen LogP contribution in [0.4, 0.5) is 5.69 Å². The third kappa shape index (κ3) is 1.51. The maximum atomic E-state index is 11.2. The van der Waals surface area contributed by atoms with Crippen molar-refractivity contribution < 1.29 is 9.53 Å². The molecule has 1 fully saturated rings. The average Bonchev–Trinajstić information content (AvgIpc) is 2.25. The minimum atomic E-state index is -0.351. The van der Waals surface area contributed by atoms with E-state index in [4.69, 9.17) is 16.3 Å². The van der Waals surface area contributed by atoms with Crippen molar-refractivity contribution in [3.63, 3.8) is 0 Å². The van der Waals surface area contributed by atoms with Crippen LogP contribution in [0, 0.1) is 0 Å². The van der Waals surface area contributed by atoms with Crippen LogP contribution in [-0.2, 0) is 20.8 Å². The van der Waals surface area contributed by atoms with Crippen LogP contribution in [0.3, 0.4) is 0 Å². The minimum Gasteiger partial charge on any atom is -0.377 e. The molecule has 3 nitrogen and oxygen atoms in total. The van der Waals surface area contributed by atoms with Gasteiger partial charge < -0.3 is 10.1 Å². The monoisotopic (exact) mass is 237 g/mol. The van der Waals surface area contributed by atoms with Gasteiger partial charge in [-0.25, -0.2) is 0 Å². The first-order valence-electron chi connectivity index (χ1n) is 5.37. The normalized spacial score (nSPS) is 21.9. The van der Waals surface area contributed by atoms with Crippen LogP contribution < -0.4 is 5.32 Å². The second kappa shape index (κ2) is 3.47. The molecule has 1 N–H and O–H groups in total. The third-order valence-corrected chi connectivity index (χ3v) is 3.62. The van der Waals surface area contributed by atoms with E-state index < -0.39 is 0 Å². The van der Waals surface area contributed by atoms with Gasteiger partial charge in [-0.15, -0.1) is 11.6 Å². The number of carbonyl (C=O) groups excluding carboxylic acids is 1. The zero-order valence-corrected chi connectivity index (χ0v) is 9.51. The third-order valence-electron chi connectivity index (χ3n) is 3.18. The van der Waals surface area contributed by atoms with Gasteiger partial charge in [-0.1, -0.05) is 12.1 Å². The second-order valence-electron chi connectivity index (χ2n) is 4.38. The molecule has 1 aromatic carbocycles. The van der Waals surface area contributed by atoms with E-state index in [1.807, 2.05) is 12.1 Å². The van der Waals surface area contributed by atoms with Crippen LogP contribution in [0.2, 0.25) is 0 Å². The molecular formula is C12H12ClNO2. The molecule has 0 spiro atoms. The van der Waals surface area contributed by atoms with Crippen LogP contribution in [0.1, 0.15) is 17.5 Å². The van der Waals surface area contributed by atoms with Gasteiger partial charge in [0.05, 0.1) is 13.2 Å². The molecule has 84 valence electrons. The fraction of sp³-hybridized carbons (Fsp3) is 0.417. The average molecular weight is 238 g/mol. The van der Waals surface area contributed by atoms with E-state index in [1.54, 1.807) is 0 Å². The summed E-state index contributed by atoms with van der Waals surface area (Å²) in [6.45, 7) is 1.14. The van der Waals surface area contributed by atoms with Gasteiger partial charge in [0.2, 0.25) is 5.91 Å². The van der Waals surface area contributed by atoms with Crippen molar-refractivity contribution >= 4 is 23.2 Å². The largest absolute Gasteiger partial charge is 0.377 e. The Hall–Kier alpha value is -1.06. The predicted octanol–water partition coefficient (Wildman–Crippen LogP) is 2.04. The molecule has 2 heterocycles. The molecule has 0 radical (unpaired) electrons. The van der Waals surface area contributed by atoms with Gasteiger partial charge in [0.15, 0.2) is 0 Å². The molecule has 0 saturated carbocycles. The SMILES string of the molecule is O=C1CCc2cc(C3(Cl)COC3)ccc2N1. The molecule has 0 unspecified atom stereocenters. The number of amides is 1. The van der Waals surface area contributed by atoms with Gasteiger partial charge in [-0.05, 0) is 23.6 Å². The lowest BCUT2D eigenvalue weighted by atomic mass is 9.92. The summed E-state index contributed by atoms with van der Waals surface area (Å²) in [5, 5.41) is 2.86. The number of fused-ring (bicyclic) bond motifs is 1. The molecule has 0 atom stereocenters. The van der Waals surface area contributed by atoms with E-state index in [0.29, 0.717) is 19.6 Å². The molecule has 16 heavy (non-hydrogen) atoms. The van der Waals surface area contributed by atoms with E-state index in [9.17, 15) is 4.79 Å². The summed E-state index contributed by atoms with van der Waals surface area (Å²) >= 11 is 6.39. The molecule has 1 amide bonds. The summed E-state index contributed by atoms with van der Waals surface area (Å²) < 4.78 is 5.15. The van der Waals surface area contributed by atoms with Crippen LogP contribution in [-0.4, -0.2) is 19.1 Å². The van der Waals surface area contributed by atoms with Crippen molar-refractivity contribution in [3.05, 3.63) is 29.3 Å². The van der Waals surface area contributed by atoms with Crippen molar-refractivity contribution in [1.29, 1.82) is 0 Å².